The summed E-state index contributed by atoms with van der Waals surface area (Å²) in [6, 6.07) is 10.0. The second-order valence-corrected chi connectivity index (χ2v) is 11.8. The molecule has 1 aromatic carbocycles. The fourth-order valence-electron chi connectivity index (χ4n) is 4.43. The van der Waals surface area contributed by atoms with E-state index in [4.69, 9.17) is 4.74 Å². The van der Waals surface area contributed by atoms with E-state index >= 15 is 0 Å². The van der Waals surface area contributed by atoms with Crippen LogP contribution in [0.4, 0.5) is 5.00 Å². The molecule has 1 N–H and O–H groups in total. The first-order valence-electron chi connectivity index (χ1n) is 11.8. The molecule has 0 radical (unpaired) electrons. The van der Waals surface area contributed by atoms with Crippen LogP contribution in [0.15, 0.2) is 29.4 Å². The zero-order chi connectivity index (χ0) is 25.2. The lowest BCUT2D eigenvalue weighted by molar-refractivity contribution is -0.113. The van der Waals surface area contributed by atoms with Gasteiger partial charge in [0.1, 0.15) is 16.8 Å². The van der Waals surface area contributed by atoms with Crippen LogP contribution in [0.3, 0.4) is 0 Å². The quantitative estimate of drug-likeness (QED) is 0.411. The van der Waals surface area contributed by atoms with Crippen LogP contribution in [0.1, 0.15) is 50.1 Å². The molecule has 1 aliphatic carbocycles. The molecule has 0 aliphatic heterocycles. The predicted molar refractivity (Wildman–Crippen MR) is 141 cm³/mol. The number of aromatic nitrogens is 3. The van der Waals surface area contributed by atoms with Gasteiger partial charge in [0.2, 0.25) is 5.91 Å². The van der Waals surface area contributed by atoms with E-state index < -0.39 is 0 Å². The molecule has 4 rings (SSSR count). The lowest BCUT2D eigenvalue weighted by atomic mass is 9.72. The van der Waals surface area contributed by atoms with Gasteiger partial charge in [0, 0.05) is 11.9 Å². The van der Waals surface area contributed by atoms with E-state index in [1.165, 1.54) is 16.6 Å². The van der Waals surface area contributed by atoms with Crippen LogP contribution in [0, 0.1) is 22.7 Å². The minimum atomic E-state index is -0.156. The van der Waals surface area contributed by atoms with Gasteiger partial charge in [0.05, 0.1) is 23.5 Å². The molecule has 35 heavy (non-hydrogen) atoms. The highest BCUT2D eigenvalue weighted by atomic mass is 32.2. The number of ether oxygens (including phenoxy) is 1. The summed E-state index contributed by atoms with van der Waals surface area (Å²) in [5, 5.41) is 22.7. The van der Waals surface area contributed by atoms with E-state index in [9.17, 15) is 10.1 Å². The number of benzene rings is 1. The molecule has 1 aliphatic rings. The maximum Gasteiger partial charge on any atom is 0.235 e. The summed E-state index contributed by atoms with van der Waals surface area (Å²) in [6.45, 7) is 9.32. The normalized spacial score (nSPS) is 15.4. The van der Waals surface area contributed by atoms with Crippen molar-refractivity contribution in [1.82, 2.24) is 14.8 Å². The number of nitrogens with one attached hydrogen (secondary N) is 1. The SMILES string of the molecule is CCOc1ccccc1-c1nnc(SCC(=O)Nc2sc3c(c2C#N)CCC(C(C)(C)C)C3)n1C. The highest BCUT2D eigenvalue weighted by molar-refractivity contribution is 7.99. The maximum absolute atomic E-state index is 12.8. The molecule has 0 saturated carbocycles. The lowest BCUT2D eigenvalue weighted by Gasteiger charge is -2.33. The minimum Gasteiger partial charge on any atom is -0.493 e. The zero-order valence-corrected chi connectivity index (χ0v) is 22.5. The monoisotopic (exact) mass is 509 g/mol. The van der Waals surface area contributed by atoms with Gasteiger partial charge >= 0.3 is 0 Å². The summed E-state index contributed by atoms with van der Waals surface area (Å²) in [5.41, 5.74) is 2.83. The van der Waals surface area contributed by atoms with E-state index in [0.29, 0.717) is 34.1 Å². The van der Waals surface area contributed by atoms with E-state index in [-0.39, 0.29) is 17.1 Å². The average molecular weight is 510 g/mol. The fourth-order valence-corrected chi connectivity index (χ4v) is 6.44. The number of para-hydroxylation sites is 1. The van der Waals surface area contributed by atoms with E-state index in [1.807, 2.05) is 42.8 Å². The topological polar surface area (TPSA) is 92.8 Å². The number of fused-ring (bicyclic) bond motifs is 1. The fraction of sp³-hybridized carbons (Fsp3) is 0.462. The van der Waals surface area contributed by atoms with Gasteiger partial charge in [-0.1, -0.05) is 44.7 Å². The highest BCUT2D eigenvalue weighted by Gasteiger charge is 2.32. The Hall–Kier alpha value is -2.83. The molecule has 2 aromatic heterocycles. The minimum absolute atomic E-state index is 0.156. The van der Waals surface area contributed by atoms with Crippen molar-refractivity contribution in [2.24, 2.45) is 18.4 Å². The Bertz CT molecular complexity index is 1270. The summed E-state index contributed by atoms with van der Waals surface area (Å²) >= 11 is 2.88. The number of hydrogen-bond acceptors (Lipinski definition) is 7. The maximum atomic E-state index is 12.8. The van der Waals surface area contributed by atoms with Gasteiger partial charge < -0.3 is 14.6 Å². The Morgan fingerprint density at radius 1 is 1.34 bits per heavy atom. The number of carbonyl (C=O) groups excluding carboxylic acids is 1. The number of anilines is 1. The number of rotatable bonds is 7. The lowest BCUT2D eigenvalue weighted by Crippen LogP contribution is -2.26. The number of carbonyl (C=O) groups is 1. The van der Waals surface area contributed by atoms with Crippen molar-refractivity contribution in [1.29, 1.82) is 5.26 Å². The van der Waals surface area contributed by atoms with Crippen molar-refractivity contribution in [2.45, 2.75) is 52.1 Å². The summed E-state index contributed by atoms with van der Waals surface area (Å²) < 4.78 is 7.59. The zero-order valence-electron chi connectivity index (χ0n) is 20.8. The Kier molecular flexibility index (Phi) is 7.53. The molecule has 184 valence electrons. The van der Waals surface area contributed by atoms with Gasteiger partial charge in [-0.3, -0.25) is 4.79 Å². The Balaban J connectivity index is 1.44. The first-order chi connectivity index (χ1) is 16.7. The molecule has 7 nitrogen and oxygen atoms in total. The van der Waals surface area contributed by atoms with Crippen molar-refractivity contribution < 1.29 is 9.53 Å². The second-order valence-electron chi connectivity index (χ2n) is 9.76. The molecule has 1 unspecified atom stereocenters. The van der Waals surface area contributed by atoms with Crippen molar-refractivity contribution in [3.05, 3.63) is 40.3 Å². The standard InChI is InChI=1S/C26H31N5O2S2/c1-6-33-20-10-8-7-9-18(20)23-29-30-25(31(23)5)34-15-22(32)28-24-19(14-27)17-12-11-16(26(2,3)4)13-21(17)35-24/h7-10,16H,6,11-13,15H2,1-5H3,(H,28,32). The first kappa shape index (κ1) is 25.3. The van der Waals surface area contributed by atoms with Gasteiger partial charge in [-0.05, 0) is 55.2 Å². The molecule has 3 aromatic rings. The number of thioether (sulfide) groups is 1. The molecule has 1 atom stereocenters. The van der Waals surface area contributed by atoms with Gasteiger partial charge in [0.25, 0.3) is 0 Å². The van der Waals surface area contributed by atoms with E-state index in [0.717, 1.165) is 36.1 Å². The number of nitrogens with zero attached hydrogens (tertiary/aromatic N) is 4. The molecule has 0 bridgehead atoms. The molecule has 9 heteroatoms. The van der Waals surface area contributed by atoms with Crippen LogP contribution in [-0.2, 0) is 24.7 Å². The molecule has 1 amide bonds. The summed E-state index contributed by atoms with van der Waals surface area (Å²) in [4.78, 5) is 14.0. The Labute approximate surface area is 214 Å². The third kappa shape index (κ3) is 5.39. The van der Waals surface area contributed by atoms with Crippen LogP contribution in [0.25, 0.3) is 11.4 Å². The number of nitriles is 1. The van der Waals surface area contributed by atoms with Crippen molar-refractivity contribution in [2.75, 3.05) is 17.7 Å². The smallest absolute Gasteiger partial charge is 0.235 e. The van der Waals surface area contributed by atoms with Gasteiger partial charge in [-0.25, -0.2) is 0 Å². The van der Waals surface area contributed by atoms with Gasteiger partial charge in [-0.15, -0.1) is 21.5 Å². The Morgan fingerprint density at radius 2 is 2.11 bits per heavy atom. The molecule has 0 spiro atoms. The van der Waals surface area contributed by atoms with Crippen LogP contribution < -0.4 is 10.1 Å². The second kappa shape index (κ2) is 10.4. The third-order valence-corrected chi connectivity index (χ3v) is 8.64. The predicted octanol–water partition coefficient (Wildman–Crippen LogP) is 5.70. The molecule has 0 fully saturated rings. The molecule has 2 heterocycles. The highest BCUT2D eigenvalue weighted by Crippen LogP contribution is 2.44. The molecular formula is C26H31N5O2S2. The average Bonchev–Trinajstić information content (AvgIpc) is 3.36. The molecule has 0 saturated heterocycles. The van der Waals surface area contributed by atoms with Crippen LogP contribution in [0.2, 0.25) is 0 Å². The van der Waals surface area contributed by atoms with Crippen LogP contribution in [0.5, 0.6) is 5.75 Å². The summed E-state index contributed by atoms with van der Waals surface area (Å²) in [6.07, 6.45) is 2.94. The Morgan fingerprint density at radius 3 is 2.83 bits per heavy atom. The van der Waals surface area contributed by atoms with Crippen molar-refractivity contribution in [3.8, 4) is 23.2 Å². The van der Waals surface area contributed by atoms with Crippen LogP contribution in [-0.4, -0.2) is 33.0 Å². The van der Waals surface area contributed by atoms with Gasteiger partial charge in [-0.2, -0.15) is 5.26 Å². The van der Waals surface area contributed by atoms with Crippen LogP contribution >= 0.6 is 23.1 Å². The van der Waals surface area contributed by atoms with Crippen molar-refractivity contribution in [3.63, 3.8) is 0 Å². The van der Waals surface area contributed by atoms with E-state index in [2.05, 4.69) is 42.4 Å². The largest absolute Gasteiger partial charge is 0.493 e. The third-order valence-electron chi connectivity index (χ3n) is 6.45. The first-order valence-corrected chi connectivity index (χ1v) is 13.6. The number of thiophene rings is 1. The summed E-state index contributed by atoms with van der Waals surface area (Å²) in [5.74, 6) is 2.04. The summed E-state index contributed by atoms with van der Waals surface area (Å²) in [7, 11) is 1.88. The van der Waals surface area contributed by atoms with Gasteiger partial charge in [0.15, 0.2) is 11.0 Å². The number of hydrogen-bond donors (Lipinski definition) is 1. The van der Waals surface area contributed by atoms with Crippen molar-refractivity contribution >= 4 is 34.0 Å². The van der Waals surface area contributed by atoms with E-state index in [1.54, 1.807) is 11.3 Å². The number of amides is 1. The molecular weight excluding hydrogens is 478 g/mol.